The van der Waals surface area contributed by atoms with Crippen molar-refractivity contribution in [1.29, 1.82) is 0 Å². The molecule has 23 heavy (non-hydrogen) atoms. The molecule has 3 rings (SSSR count). The number of anilines is 5. The van der Waals surface area contributed by atoms with Crippen molar-refractivity contribution in [3.8, 4) is 0 Å². The smallest absolute Gasteiger partial charge is 0.159 e. The van der Waals surface area contributed by atoms with Crippen LogP contribution < -0.4 is 16.4 Å². The van der Waals surface area contributed by atoms with Crippen molar-refractivity contribution in [2.45, 2.75) is 6.92 Å². The van der Waals surface area contributed by atoms with E-state index in [1.165, 1.54) is 6.33 Å². The van der Waals surface area contributed by atoms with E-state index in [1.807, 2.05) is 49.4 Å². The second-order valence-electron chi connectivity index (χ2n) is 5.08. The second kappa shape index (κ2) is 6.54. The summed E-state index contributed by atoms with van der Waals surface area (Å²) in [7, 11) is 0. The predicted molar refractivity (Wildman–Crippen MR) is 95.6 cm³/mol. The first-order chi connectivity index (χ1) is 11.1. The molecule has 0 fully saturated rings. The topological polar surface area (TPSA) is 75.9 Å². The molecule has 0 saturated carbocycles. The normalized spacial score (nSPS) is 10.3. The summed E-state index contributed by atoms with van der Waals surface area (Å²) in [5, 5.41) is 6.93. The van der Waals surface area contributed by atoms with Crippen LogP contribution in [0.3, 0.4) is 0 Å². The highest BCUT2D eigenvalue weighted by Crippen LogP contribution is 2.30. The van der Waals surface area contributed by atoms with E-state index >= 15 is 0 Å². The lowest BCUT2D eigenvalue weighted by atomic mass is 10.2. The quantitative estimate of drug-likeness (QED) is 0.658. The van der Waals surface area contributed by atoms with Crippen LogP contribution >= 0.6 is 11.6 Å². The van der Waals surface area contributed by atoms with Crippen LogP contribution in [0.5, 0.6) is 0 Å². The number of rotatable bonds is 4. The van der Waals surface area contributed by atoms with Crippen LogP contribution in [0.2, 0.25) is 5.02 Å². The number of halogens is 1. The zero-order valence-electron chi connectivity index (χ0n) is 12.5. The van der Waals surface area contributed by atoms with E-state index in [4.69, 9.17) is 17.3 Å². The molecule has 5 nitrogen and oxygen atoms in total. The molecule has 0 aliphatic rings. The van der Waals surface area contributed by atoms with Crippen LogP contribution in [0.1, 0.15) is 5.56 Å². The molecule has 116 valence electrons. The third kappa shape index (κ3) is 3.52. The Hall–Kier alpha value is -2.79. The Morgan fingerprint density at radius 3 is 2.43 bits per heavy atom. The Labute approximate surface area is 139 Å². The number of nitrogens with zero attached hydrogens (tertiary/aromatic N) is 2. The Morgan fingerprint density at radius 2 is 1.70 bits per heavy atom. The maximum Gasteiger partial charge on any atom is 0.159 e. The average Bonchev–Trinajstić information content (AvgIpc) is 2.53. The molecule has 0 aliphatic carbocycles. The van der Waals surface area contributed by atoms with E-state index in [9.17, 15) is 0 Å². The van der Waals surface area contributed by atoms with Gasteiger partial charge < -0.3 is 16.4 Å². The summed E-state index contributed by atoms with van der Waals surface area (Å²) < 4.78 is 0. The maximum absolute atomic E-state index is 6.17. The number of para-hydroxylation sites is 1. The number of nitrogens with two attached hydrogens (primary N) is 1. The van der Waals surface area contributed by atoms with Gasteiger partial charge in [-0.3, -0.25) is 0 Å². The van der Waals surface area contributed by atoms with Crippen molar-refractivity contribution < 1.29 is 0 Å². The largest absolute Gasteiger partial charge is 0.393 e. The van der Waals surface area contributed by atoms with Gasteiger partial charge in [-0.1, -0.05) is 35.9 Å². The maximum atomic E-state index is 6.17. The molecule has 0 unspecified atom stereocenters. The van der Waals surface area contributed by atoms with Crippen LogP contribution in [0.25, 0.3) is 0 Å². The molecular weight excluding hydrogens is 310 g/mol. The van der Waals surface area contributed by atoms with Crippen molar-refractivity contribution in [2.75, 3.05) is 16.4 Å². The Bertz CT molecular complexity index is 835. The zero-order valence-corrected chi connectivity index (χ0v) is 13.3. The highest BCUT2D eigenvalue weighted by atomic mass is 35.5. The highest BCUT2D eigenvalue weighted by Gasteiger charge is 2.10. The summed E-state index contributed by atoms with van der Waals surface area (Å²) in [6.07, 6.45) is 1.45. The monoisotopic (exact) mass is 325 g/mol. The lowest BCUT2D eigenvalue weighted by Crippen LogP contribution is -2.05. The zero-order chi connectivity index (χ0) is 16.2. The number of benzene rings is 2. The fraction of sp³-hybridized carbons (Fsp3) is 0.0588. The number of hydrogen-bond acceptors (Lipinski definition) is 5. The Balaban J connectivity index is 1.88. The number of aryl methyl sites for hydroxylation is 1. The molecular formula is C17H16ClN5. The van der Waals surface area contributed by atoms with E-state index in [0.29, 0.717) is 22.3 Å². The van der Waals surface area contributed by atoms with Gasteiger partial charge in [-0.25, -0.2) is 9.97 Å². The van der Waals surface area contributed by atoms with Gasteiger partial charge in [0.15, 0.2) is 11.6 Å². The lowest BCUT2D eigenvalue weighted by Gasteiger charge is -2.13. The molecule has 3 aromatic rings. The van der Waals surface area contributed by atoms with Crippen molar-refractivity contribution in [3.63, 3.8) is 0 Å². The third-order valence-electron chi connectivity index (χ3n) is 3.29. The fourth-order valence-electron chi connectivity index (χ4n) is 2.14. The predicted octanol–water partition coefficient (Wildman–Crippen LogP) is 4.51. The van der Waals surface area contributed by atoms with Crippen LogP contribution in [0, 0.1) is 6.92 Å². The molecule has 4 N–H and O–H groups in total. The van der Waals surface area contributed by atoms with Crippen LogP contribution in [0.15, 0.2) is 54.9 Å². The number of aromatic nitrogens is 2. The highest BCUT2D eigenvalue weighted by molar-refractivity contribution is 6.33. The van der Waals surface area contributed by atoms with Crippen molar-refractivity contribution in [2.24, 2.45) is 0 Å². The third-order valence-corrected chi connectivity index (χ3v) is 3.62. The van der Waals surface area contributed by atoms with Crippen LogP contribution in [-0.4, -0.2) is 9.97 Å². The SMILES string of the molecule is Cc1cccc(Nc2ncnc(Nc3ccccc3Cl)c2N)c1. The summed E-state index contributed by atoms with van der Waals surface area (Å²) >= 11 is 6.15. The molecule has 0 aliphatic heterocycles. The molecule has 1 aromatic heterocycles. The number of nitrogens with one attached hydrogen (secondary N) is 2. The molecule has 1 heterocycles. The van der Waals surface area contributed by atoms with Crippen LogP contribution in [-0.2, 0) is 0 Å². The number of hydrogen-bond donors (Lipinski definition) is 3. The fourth-order valence-corrected chi connectivity index (χ4v) is 2.33. The number of nitrogen functional groups attached to an aromatic ring is 1. The minimum absolute atomic E-state index is 0.425. The van der Waals surface area contributed by atoms with Gasteiger partial charge >= 0.3 is 0 Å². The lowest BCUT2D eigenvalue weighted by molar-refractivity contribution is 1.17. The second-order valence-corrected chi connectivity index (χ2v) is 5.49. The van der Waals surface area contributed by atoms with E-state index in [1.54, 1.807) is 6.07 Å². The van der Waals surface area contributed by atoms with Crippen molar-refractivity contribution in [1.82, 2.24) is 9.97 Å². The molecule has 0 spiro atoms. The molecule has 0 atom stereocenters. The molecule has 0 radical (unpaired) electrons. The Morgan fingerprint density at radius 1 is 0.957 bits per heavy atom. The summed E-state index contributed by atoms with van der Waals surface area (Å²) in [4.78, 5) is 8.40. The summed E-state index contributed by atoms with van der Waals surface area (Å²) in [5.41, 5.74) is 9.40. The Kier molecular flexibility index (Phi) is 4.30. The average molecular weight is 326 g/mol. The summed E-state index contributed by atoms with van der Waals surface area (Å²) in [6, 6.07) is 15.4. The van der Waals surface area contributed by atoms with Gasteiger partial charge in [0.25, 0.3) is 0 Å². The summed E-state index contributed by atoms with van der Waals surface area (Å²) in [5.74, 6) is 1.04. The van der Waals surface area contributed by atoms with Gasteiger partial charge in [0, 0.05) is 5.69 Å². The van der Waals surface area contributed by atoms with Gasteiger partial charge in [0.2, 0.25) is 0 Å². The van der Waals surface area contributed by atoms with E-state index in [2.05, 4.69) is 20.6 Å². The minimum Gasteiger partial charge on any atom is -0.393 e. The van der Waals surface area contributed by atoms with Gasteiger partial charge in [-0.05, 0) is 36.8 Å². The van der Waals surface area contributed by atoms with E-state index in [-0.39, 0.29) is 0 Å². The summed E-state index contributed by atoms with van der Waals surface area (Å²) in [6.45, 7) is 2.03. The van der Waals surface area contributed by atoms with E-state index in [0.717, 1.165) is 16.9 Å². The molecule has 6 heteroatoms. The molecule has 2 aromatic carbocycles. The van der Waals surface area contributed by atoms with Gasteiger partial charge in [0.1, 0.15) is 12.0 Å². The first-order valence-electron chi connectivity index (χ1n) is 7.09. The van der Waals surface area contributed by atoms with Crippen molar-refractivity contribution in [3.05, 3.63) is 65.4 Å². The van der Waals surface area contributed by atoms with Gasteiger partial charge in [-0.2, -0.15) is 0 Å². The molecule has 0 saturated heterocycles. The molecule has 0 amide bonds. The standard InChI is InChI=1S/C17H16ClN5/c1-11-5-4-6-12(9-11)22-16-15(19)17(21-10-20-16)23-14-8-3-2-7-13(14)18/h2-10H,19H2,1H3,(H2,20,21,22,23). The molecule has 0 bridgehead atoms. The van der Waals surface area contributed by atoms with Crippen LogP contribution in [0.4, 0.5) is 28.7 Å². The first-order valence-corrected chi connectivity index (χ1v) is 7.47. The van der Waals surface area contributed by atoms with Gasteiger partial charge in [0.05, 0.1) is 10.7 Å². The minimum atomic E-state index is 0.425. The van der Waals surface area contributed by atoms with E-state index < -0.39 is 0 Å². The van der Waals surface area contributed by atoms with Crippen molar-refractivity contribution >= 4 is 40.3 Å². The first kappa shape index (κ1) is 15.1. The van der Waals surface area contributed by atoms with Gasteiger partial charge in [-0.15, -0.1) is 0 Å².